The molecule has 1 aromatic heterocycles. The predicted molar refractivity (Wildman–Crippen MR) is 84.5 cm³/mol. The number of carbonyl (C=O) groups excluding carboxylic acids is 1. The van der Waals surface area contributed by atoms with Gasteiger partial charge in [0.2, 0.25) is 0 Å². The number of nitrogens with zero attached hydrogens (tertiary/aromatic N) is 1. The van der Waals surface area contributed by atoms with Crippen LogP contribution >= 0.6 is 11.3 Å². The van der Waals surface area contributed by atoms with Crippen molar-refractivity contribution >= 4 is 17.2 Å². The molecule has 0 saturated carbocycles. The van der Waals surface area contributed by atoms with Gasteiger partial charge in [0.1, 0.15) is 18.1 Å². The molecule has 0 unspecified atom stereocenters. The number of benzene rings is 1. The van der Waals surface area contributed by atoms with E-state index in [-0.39, 0.29) is 5.91 Å². The second-order valence-corrected chi connectivity index (χ2v) is 5.95. The van der Waals surface area contributed by atoms with Crippen LogP contribution in [0.25, 0.3) is 0 Å². The molecule has 21 heavy (non-hydrogen) atoms. The molecule has 0 aliphatic rings. The Bertz CT molecular complexity index is 592. The van der Waals surface area contributed by atoms with Crippen LogP contribution in [0.5, 0.6) is 11.5 Å². The molecule has 2 aromatic rings. The van der Waals surface area contributed by atoms with Gasteiger partial charge in [0.25, 0.3) is 5.91 Å². The van der Waals surface area contributed by atoms with Gasteiger partial charge in [-0.05, 0) is 43.3 Å². The number of aryl methyl sites for hydroxylation is 1. The highest BCUT2D eigenvalue weighted by atomic mass is 32.1. The van der Waals surface area contributed by atoms with Crippen molar-refractivity contribution in [3.63, 3.8) is 0 Å². The second-order valence-electron chi connectivity index (χ2n) is 4.66. The molecule has 4 nitrogen and oxygen atoms in total. The molecule has 1 heterocycles. The Morgan fingerprint density at radius 3 is 2.38 bits per heavy atom. The third-order valence-corrected chi connectivity index (χ3v) is 4.04. The zero-order valence-electron chi connectivity index (χ0n) is 12.5. The number of methoxy groups -OCH3 is 1. The van der Waals surface area contributed by atoms with Crippen molar-refractivity contribution in [3.05, 3.63) is 46.2 Å². The Morgan fingerprint density at radius 2 is 1.81 bits per heavy atom. The minimum atomic E-state index is 0.0337. The van der Waals surface area contributed by atoms with E-state index >= 15 is 0 Å². The fraction of sp³-hybridized carbons (Fsp3) is 0.312. The first-order valence-corrected chi connectivity index (χ1v) is 7.50. The van der Waals surface area contributed by atoms with E-state index in [1.54, 1.807) is 19.1 Å². The Morgan fingerprint density at radius 1 is 1.14 bits per heavy atom. The SMILES string of the molecule is COc1ccc(OCCN(C)C(=O)c2ccc(C)s2)cc1. The number of hydrogen-bond acceptors (Lipinski definition) is 4. The Balaban J connectivity index is 1.80. The molecule has 0 bridgehead atoms. The van der Waals surface area contributed by atoms with E-state index < -0.39 is 0 Å². The molecule has 2 rings (SSSR count). The monoisotopic (exact) mass is 305 g/mol. The van der Waals surface area contributed by atoms with Crippen molar-refractivity contribution in [1.29, 1.82) is 0 Å². The summed E-state index contributed by atoms with van der Waals surface area (Å²) in [5, 5.41) is 0. The van der Waals surface area contributed by atoms with Gasteiger partial charge in [-0.3, -0.25) is 4.79 Å². The van der Waals surface area contributed by atoms with Crippen molar-refractivity contribution < 1.29 is 14.3 Å². The van der Waals surface area contributed by atoms with Crippen molar-refractivity contribution in [1.82, 2.24) is 4.90 Å². The van der Waals surface area contributed by atoms with Crippen LogP contribution in [0.1, 0.15) is 14.5 Å². The van der Waals surface area contributed by atoms with E-state index in [2.05, 4.69) is 0 Å². The predicted octanol–water partition coefficient (Wildman–Crippen LogP) is 3.22. The van der Waals surface area contributed by atoms with Crippen LogP contribution in [0.4, 0.5) is 0 Å². The topological polar surface area (TPSA) is 38.8 Å². The first-order valence-electron chi connectivity index (χ1n) is 6.69. The average molecular weight is 305 g/mol. The summed E-state index contributed by atoms with van der Waals surface area (Å²) in [6.45, 7) is 3.00. The van der Waals surface area contributed by atoms with Crippen LogP contribution in [0.15, 0.2) is 36.4 Å². The molecule has 0 spiro atoms. The van der Waals surface area contributed by atoms with E-state index in [1.165, 1.54) is 11.3 Å². The third kappa shape index (κ3) is 4.23. The Kier molecular flexibility index (Phi) is 5.22. The lowest BCUT2D eigenvalue weighted by Gasteiger charge is -2.16. The Hall–Kier alpha value is -2.01. The number of hydrogen-bond donors (Lipinski definition) is 0. The van der Waals surface area contributed by atoms with Crippen molar-refractivity contribution in [2.24, 2.45) is 0 Å². The molecular weight excluding hydrogens is 286 g/mol. The minimum absolute atomic E-state index is 0.0337. The first-order chi connectivity index (χ1) is 10.1. The van der Waals surface area contributed by atoms with Crippen molar-refractivity contribution in [2.75, 3.05) is 27.3 Å². The van der Waals surface area contributed by atoms with Gasteiger partial charge in [-0.1, -0.05) is 0 Å². The van der Waals surface area contributed by atoms with Gasteiger partial charge in [0.05, 0.1) is 18.5 Å². The molecule has 0 saturated heterocycles. The van der Waals surface area contributed by atoms with Crippen LogP contribution < -0.4 is 9.47 Å². The maximum Gasteiger partial charge on any atom is 0.263 e. The molecule has 0 fully saturated rings. The lowest BCUT2D eigenvalue weighted by molar-refractivity contribution is 0.0778. The lowest BCUT2D eigenvalue weighted by Crippen LogP contribution is -2.30. The molecule has 0 aliphatic heterocycles. The fourth-order valence-corrected chi connectivity index (χ4v) is 2.67. The number of amides is 1. The maximum atomic E-state index is 12.1. The zero-order chi connectivity index (χ0) is 15.2. The summed E-state index contributed by atoms with van der Waals surface area (Å²) in [7, 11) is 3.41. The number of ether oxygens (including phenoxy) is 2. The third-order valence-electron chi connectivity index (χ3n) is 3.05. The van der Waals surface area contributed by atoms with Gasteiger partial charge in [0.15, 0.2) is 0 Å². The van der Waals surface area contributed by atoms with Crippen LogP contribution in [0.3, 0.4) is 0 Å². The van der Waals surface area contributed by atoms with Gasteiger partial charge in [-0.15, -0.1) is 11.3 Å². The average Bonchev–Trinajstić information content (AvgIpc) is 2.93. The van der Waals surface area contributed by atoms with E-state index in [9.17, 15) is 4.79 Å². The highest BCUT2D eigenvalue weighted by Crippen LogP contribution is 2.18. The summed E-state index contributed by atoms with van der Waals surface area (Å²) in [6, 6.07) is 11.2. The van der Waals surface area contributed by atoms with E-state index in [0.717, 1.165) is 21.3 Å². The number of carbonyl (C=O) groups is 1. The summed E-state index contributed by atoms with van der Waals surface area (Å²) >= 11 is 1.51. The molecule has 0 atom stereocenters. The quantitative estimate of drug-likeness (QED) is 0.822. The van der Waals surface area contributed by atoms with Crippen molar-refractivity contribution in [3.8, 4) is 11.5 Å². The van der Waals surface area contributed by atoms with Gasteiger partial charge in [-0.25, -0.2) is 0 Å². The van der Waals surface area contributed by atoms with Crippen LogP contribution in [0.2, 0.25) is 0 Å². The summed E-state index contributed by atoms with van der Waals surface area (Å²) in [4.78, 5) is 15.7. The molecular formula is C16H19NO3S. The fourth-order valence-electron chi connectivity index (χ4n) is 1.81. The standard InChI is InChI=1S/C16H19NO3S/c1-12-4-9-15(21-12)16(18)17(2)10-11-20-14-7-5-13(19-3)6-8-14/h4-9H,10-11H2,1-3H3. The number of rotatable bonds is 6. The van der Waals surface area contributed by atoms with Crippen LogP contribution in [-0.4, -0.2) is 38.1 Å². The number of likely N-dealkylation sites (N-methyl/N-ethyl adjacent to an activating group) is 1. The van der Waals surface area contributed by atoms with E-state index in [0.29, 0.717) is 13.2 Å². The molecule has 1 amide bonds. The van der Waals surface area contributed by atoms with Gasteiger partial charge in [-0.2, -0.15) is 0 Å². The summed E-state index contributed by atoms with van der Waals surface area (Å²) in [6.07, 6.45) is 0. The van der Waals surface area contributed by atoms with Gasteiger partial charge in [0, 0.05) is 11.9 Å². The lowest BCUT2D eigenvalue weighted by atomic mass is 10.3. The van der Waals surface area contributed by atoms with Crippen molar-refractivity contribution in [2.45, 2.75) is 6.92 Å². The smallest absolute Gasteiger partial charge is 0.263 e. The molecule has 0 radical (unpaired) electrons. The molecule has 112 valence electrons. The van der Waals surface area contributed by atoms with E-state index in [1.807, 2.05) is 43.3 Å². The maximum absolute atomic E-state index is 12.1. The largest absolute Gasteiger partial charge is 0.497 e. The minimum Gasteiger partial charge on any atom is -0.497 e. The summed E-state index contributed by atoms with van der Waals surface area (Å²) in [5.41, 5.74) is 0. The Labute approximate surface area is 128 Å². The first kappa shape index (κ1) is 15.4. The highest BCUT2D eigenvalue weighted by molar-refractivity contribution is 7.13. The molecule has 5 heteroatoms. The highest BCUT2D eigenvalue weighted by Gasteiger charge is 2.13. The normalized spacial score (nSPS) is 10.2. The summed E-state index contributed by atoms with van der Waals surface area (Å²) in [5.74, 6) is 1.60. The van der Waals surface area contributed by atoms with E-state index in [4.69, 9.17) is 9.47 Å². The van der Waals surface area contributed by atoms with Gasteiger partial charge >= 0.3 is 0 Å². The molecule has 0 aliphatic carbocycles. The molecule has 0 N–H and O–H groups in total. The second kappa shape index (κ2) is 7.13. The number of thiophene rings is 1. The summed E-state index contributed by atoms with van der Waals surface area (Å²) < 4.78 is 10.7. The van der Waals surface area contributed by atoms with Crippen LogP contribution in [0, 0.1) is 6.92 Å². The van der Waals surface area contributed by atoms with Gasteiger partial charge < -0.3 is 14.4 Å². The van der Waals surface area contributed by atoms with Crippen LogP contribution in [-0.2, 0) is 0 Å². The molecule has 1 aromatic carbocycles. The zero-order valence-corrected chi connectivity index (χ0v) is 13.3.